The van der Waals surface area contributed by atoms with E-state index in [9.17, 15) is 15.0 Å². The van der Waals surface area contributed by atoms with Gasteiger partial charge in [-0.15, -0.1) is 0 Å². The Morgan fingerprint density at radius 1 is 0.971 bits per heavy atom. The van der Waals surface area contributed by atoms with Crippen molar-refractivity contribution in [1.29, 1.82) is 0 Å². The van der Waals surface area contributed by atoms with Crippen LogP contribution in [0.2, 0.25) is 10.0 Å². The first-order valence-corrected chi connectivity index (χ1v) is 11.4. The van der Waals surface area contributed by atoms with Crippen LogP contribution in [0.1, 0.15) is 24.5 Å². The standard InChI is InChI=1S/C23H24Cl2N4O3S2/c1-13(26-27(4)22(33)18-11-16(31)6-8-20(18)24)10-14(2)29(15(3)30)28(5)23(34)19-12-17(32)7-9-21(19)25/h6-9,11-12,26,31-32H,1-2,10H2,3-5H3. The summed E-state index contributed by atoms with van der Waals surface area (Å²) in [6.45, 7) is 9.36. The second-order valence-corrected chi connectivity index (χ2v) is 8.90. The van der Waals surface area contributed by atoms with Gasteiger partial charge >= 0.3 is 0 Å². The summed E-state index contributed by atoms with van der Waals surface area (Å²) >= 11 is 23.4. The number of carbonyl (C=O) groups is 1. The van der Waals surface area contributed by atoms with Gasteiger partial charge in [0.05, 0.1) is 10.0 Å². The molecule has 34 heavy (non-hydrogen) atoms. The van der Waals surface area contributed by atoms with E-state index in [1.807, 2.05) is 0 Å². The van der Waals surface area contributed by atoms with Crippen molar-refractivity contribution in [2.24, 2.45) is 0 Å². The van der Waals surface area contributed by atoms with Gasteiger partial charge < -0.3 is 15.6 Å². The summed E-state index contributed by atoms with van der Waals surface area (Å²) in [5.74, 6) is -0.314. The number of nitrogens with zero attached hydrogens (tertiary/aromatic N) is 3. The first-order chi connectivity index (χ1) is 15.8. The number of aromatic hydroxyl groups is 2. The van der Waals surface area contributed by atoms with Crippen molar-refractivity contribution in [3.05, 3.63) is 82.1 Å². The smallest absolute Gasteiger partial charge is 0.242 e. The van der Waals surface area contributed by atoms with E-state index in [1.165, 1.54) is 52.3 Å². The van der Waals surface area contributed by atoms with Gasteiger partial charge in [0.1, 0.15) is 21.5 Å². The SMILES string of the molecule is C=C(CC(=C)N(C(C)=O)N(C)C(=S)c1cc(O)ccc1Cl)NN(C)C(=S)c1cc(O)ccc1Cl. The van der Waals surface area contributed by atoms with E-state index in [4.69, 9.17) is 47.6 Å². The number of rotatable bonds is 7. The van der Waals surface area contributed by atoms with Crippen LogP contribution in [-0.2, 0) is 4.79 Å². The maximum atomic E-state index is 12.4. The van der Waals surface area contributed by atoms with E-state index in [0.717, 1.165) is 0 Å². The zero-order chi connectivity index (χ0) is 25.7. The first kappa shape index (κ1) is 27.4. The predicted molar refractivity (Wildman–Crippen MR) is 144 cm³/mol. The van der Waals surface area contributed by atoms with Crippen LogP contribution < -0.4 is 5.43 Å². The highest BCUT2D eigenvalue weighted by Gasteiger charge is 2.24. The maximum absolute atomic E-state index is 12.4. The van der Waals surface area contributed by atoms with Crippen LogP contribution >= 0.6 is 47.6 Å². The van der Waals surface area contributed by atoms with Gasteiger partial charge in [-0.25, -0.2) is 5.01 Å². The van der Waals surface area contributed by atoms with Crippen LogP contribution in [0.3, 0.4) is 0 Å². The van der Waals surface area contributed by atoms with Gasteiger partial charge in [-0.05, 0) is 36.4 Å². The van der Waals surface area contributed by atoms with Crippen molar-refractivity contribution in [3.63, 3.8) is 0 Å². The molecular formula is C23H24Cl2N4O3S2. The molecule has 0 atom stereocenters. The Morgan fingerprint density at radius 2 is 1.44 bits per heavy atom. The van der Waals surface area contributed by atoms with E-state index >= 15 is 0 Å². The van der Waals surface area contributed by atoms with Gasteiger partial charge in [-0.3, -0.25) is 14.8 Å². The fraction of sp³-hybridized carbons (Fsp3) is 0.174. The van der Waals surface area contributed by atoms with Gasteiger partial charge in [0.2, 0.25) is 5.91 Å². The number of thiocarbonyl (C=S) groups is 2. The van der Waals surface area contributed by atoms with Gasteiger partial charge in [0.25, 0.3) is 0 Å². The Labute approximate surface area is 219 Å². The molecule has 0 saturated heterocycles. The Hall–Kier alpha value is -2.85. The molecule has 0 aliphatic carbocycles. The molecule has 2 aromatic rings. The zero-order valence-corrected chi connectivity index (χ0v) is 21.9. The number of amides is 1. The highest BCUT2D eigenvalue weighted by molar-refractivity contribution is 7.81. The quantitative estimate of drug-likeness (QED) is 0.335. The molecule has 0 spiro atoms. The van der Waals surface area contributed by atoms with Crippen LogP contribution in [0.25, 0.3) is 0 Å². The lowest BCUT2D eigenvalue weighted by molar-refractivity contribution is -0.135. The van der Waals surface area contributed by atoms with Crippen molar-refractivity contribution in [1.82, 2.24) is 20.5 Å². The molecule has 0 heterocycles. The molecule has 2 rings (SSSR count). The van der Waals surface area contributed by atoms with Crippen LogP contribution in [0, 0.1) is 0 Å². The molecule has 2 aromatic carbocycles. The predicted octanol–water partition coefficient (Wildman–Crippen LogP) is 5.01. The minimum Gasteiger partial charge on any atom is -0.508 e. The summed E-state index contributed by atoms with van der Waals surface area (Å²) in [6, 6.07) is 8.85. The number of nitrogens with one attached hydrogen (secondary N) is 1. The average molecular weight is 540 g/mol. The van der Waals surface area contributed by atoms with Gasteiger partial charge in [-0.2, -0.15) is 0 Å². The number of carbonyl (C=O) groups excluding carboxylic acids is 1. The van der Waals surface area contributed by atoms with Crippen molar-refractivity contribution in [2.45, 2.75) is 13.3 Å². The summed E-state index contributed by atoms with van der Waals surface area (Å²) in [5, 5.41) is 24.5. The number of hydrogen-bond donors (Lipinski definition) is 3. The Kier molecular flexibility index (Phi) is 9.29. The lowest BCUT2D eigenvalue weighted by Gasteiger charge is -2.35. The molecule has 7 nitrogen and oxygen atoms in total. The van der Waals surface area contributed by atoms with Crippen LogP contribution in [0.4, 0.5) is 0 Å². The number of halogens is 2. The summed E-state index contributed by atoms with van der Waals surface area (Å²) < 4.78 is 0. The van der Waals surface area contributed by atoms with Gasteiger partial charge in [0.15, 0.2) is 0 Å². The molecule has 0 aliphatic rings. The maximum Gasteiger partial charge on any atom is 0.242 e. The molecular weight excluding hydrogens is 515 g/mol. The number of phenols is 2. The van der Waals surface area contributed by atoms with Crippen LogP contribution in [0.15, 0.2) is 61.0 Å². The molecule has 180 valence electrons. The third-order valence-electron chi connectivity index (χ3n) is 4.60. The second kappa shape index (κ2) is 11.5. The topological polar surface area (TPSA) is 79.3 Å². The number of hydrogen-bond acceptors (Lipinski definition) is 6. The van der Waals surface area contributed by atoms with E-state index in [2.05, 4.69) is 18.6 Å². The molecule has 0 bridgehead atoms. The van der Waals surface area contributed by atoms with E-state index < -0.39 is 0 Å². The van der Waals surface area contributed by atoms with Crippen LogP contribution in [-0.4, -0.2) is 55.2 Å². The fourth-order valence-electron chi connectivity index (χ4n) is 3.09. The van der Waals surface area contributed by atoms with Crippen LogP contribution in [0.5, 0.6) is 11.5 Å². The Morgan fingerprint density at radius 3 is 1.91 bits per heavy atom. The summed E-state index contributed by atoms with van der Waals surface area (Å²) in [6.07, 6.45) is 0.168. The van der Waals surface area contributed by atoms with E-state index in [-0.39, 0.29) is 28.8 Å². The fourth-order valence-corrected chi connectivity index (χ4v) is 4.09. The normalized spacial score (nSPS) is 10.3. The number of benzene rings is 2. The molecule has 11 heteroatoms. The minimum atomic E-state index is -0.339. The van der Waals surface area contributed by atoms with Gasteiger partial charge in [0, 0.05) is 50.0 Å². The third kappa shape index (κ3) is 6.60. The van der Waals surface area contributed by atoms with Crippen molar-refractivity contribution >= 4 is 63.5 Å². The molecule has 3 N–H and O–H groups in total. The highest BCUT2D eigenvalue weighted by Crippen LogP contribution is 2.26. The molecule has 1 amide bonds. The summed E-state index contributed by atoms with van der Waals surface area (Å²) in [5.41, 5.74) is 4.73. The lowest BCUT2D eigenvalue weighted by atomic mass is 10.2. The molecule has 0 saturated carbocycles. The van der Waals surface area contributed by atoms with E-state index in [1.54, 1.807) is 20.2 Å². The largest absolute Gasteiger partial charge is 0.508 e. The number of hydrazine groups is 2. The van der Waals surface area contributed by atoms with Crippen molar-refractivity contribution < 1.29 is 15.0 Å². The van der Waals surface area contributed by atoms with E-state index in [0.29, 0.717) is 37.6 Å². The summed E-state index contributed by atoms with van der Waals surface area (Å²) in [7, 11) is 3.27. The second-order valence-electron chi connectivity index (χ2n) is 7.31. The molecule has 0 radical (unpaired) electrons. The molecule has 0 aliphatic heterocycles. The average Bonchev–Trinajstić information content (AvgIpc) is 2.75. The third-order valence-corrected chi connectivity index (χ3v) is 6.24. The Balaban J connectivity index is 2.12. The first-order valence-electron chi connectivity index (χ1n) is 9.79. The van der Waals surface area contributed by atoms with Gasteiger partial charge in [-0.1, -0.05) is 60.8 Å². The molecule has 0 aromatic heterocycles. The zero-order valence-electron chi connectivity index (χ0n) is 18.8. The van der Waals surface area contributed by atoms with Crippen molar-refractivity contribution in [2.75, 3.05) is 14.1 Å². The molecule has 0 unspecified atom stereocenters. The minimum absolute atomic E-state index is 0.00762. The highest BCUT2D eigenvalue weighted by atomic mass is 35.5. The monoisotopic (exact) mass is 538 g/mol. The number of phenolic OH excluding ortho intramolecular Hbond substituents is 2. The lowest BCUT2D eigenvalue weighted by Crippen LogP contribution is -2.46. The Bertz CT molecular complexity index is 1170. The molecule has 0 fully saturated rings. The van der Waals surface area contributed by atoms with Crippen molar-refractivity contribution in [3.8, 4) is 11.5 Å². The summed E-state index contributed by atoms with van der Waals surface area (Å²) in [4.78, 5) is 13.0.